The quantitative estimate of drug-likeness (QED) is 0.743. The average Bonchev–Trinajstić information content (AvgIpc) is 2.89. The lowest BCUT2D eigenvalue weighted by Gasteiger charge is -2.28. The number of primary amides is 1. The van der Waals surface area contributed by atoms with E-state index in [-0.39, 0.29) is 17.6 Å². The Labute approximate surface area is 112 Å². The van der Waals surface area contributed by atoms with Crippen LogP contribution in [0.15, 0.2) is 0 Å². The van der Waals surface area contributed by atoms with Crippen molar-refractivity contribution < 1.29 is 19.1 Å². The molecule has 1 aliphatic carbocycles. The second kappa shape index (κ2) is 6.14. The summed E-state index contributed by atoms with van der Waals surface area (Å²) in [6.45, 7) is 0.571. The van der Waals surface area contributed by atoms with Crippen molar-refractivity contribution in [1.29, 1.82) is 0 Å². The number of rotatable bonds is 4. The number of carbonyl (C=O) groups is 3. The molecule has 0 radical (unpaired) electrons. The van der Waals surface area contributed by atoms with Crippen LogP contribution >= 0.6 is 0 Å². The molecule has 2 fully saturated rings. The van der Waals surface area contributed by atoms with Crippen LogP contribution in [-0.4, -0.2) is 36.4 Å². The lowest BCUT2D eigenvalue weighted by Crippen LogP contribution is -2.52. The molecule has 6 heteroatoms. The third kappa shape index (κ3) is 3.53. The Balaban J connectivity index is 1.97. The molecule has 3 N–H and O–H groups in total. The molecule has 0 spiro atoms. The highest BCUT2D eigenvalue weighted by Gasteiger charge is 2.34. The third-order valence-electron chi connectivity index (χ3n) is 3.82. The Hall–Kier alpha value is -1.43. The van der Waals surface area contributed by atoms with Crippen molar-refractivity contribution in [2.45, 2.75) is 50.7 Å². The largest absolute Gasteiger partial charge is 0.368 e. The topological polar surface area (TPSA) is 98.5 Å². The van der Waals surface area contributed by atoms with Crippen LogP contribution < -0.4 is 11.1 Å². The van der Waals surface area contributed by atoms with E-state index in [1.165, 1.54) is 0 Å². The summed E-state index contributed by atoms with van der Waals surface area (Å²) in [5, 5.41) is 2.66. The summed E-state index contributed by atoms with van der Waals surface area (Å²) in [5.41, 5.74) is 5.35. The monoisotopic (exact) mass is 268 g/mol. The highest BCUT2D eigenvalue weighted by molar-refractivity contribution is 5.89. The highest BCUT2D eigenvalue weighted by Crippen LogP contribution is 2.24. The molecular formula is C13H20N2O4. The second-order valence-electron chi connectivity index (χ2n) is 5.29. The smallest absolute Gasteiger partial charge is 0.249 e. The predicted molar refractivity (Wildman–Crippen MR) is 67.1 cm³/mol. The summed E-state index contributed by atoms with van der Waals surface area (Å²) >= 11 is 0. The molecule has 0 aromatic carbocycles. The number of ketones is 1. The fourth-order valence-electron chi connectivity index (χ4n) is 2.79. The van der Waals surface area contributed by atoms with Gasteiger partial charge in [0.15, 0.2) is 0 Å². The van der Waals surface area contributed by atoms with Crippen LogP contribution in [0.3, 0.4) is 0 Å². The summed E-state index contributed by atoms with van der Waals surface area (Å²) in [4.78, 5) is 34.9. The Morgan fingerprint density at radius 3 is 2.68 bits per heavy atom. The minimum Gasteiger partial charge on any atom is -0.368 e. The van der Waals surface area contributed by atoms with E-state index < -0.39 is 18.1 Å². The second-order valence-corrected chi connectivity index (χ2v) is 5.29. The SMILES string of the molecule is NC(=O)[C@H](NC(=O)[C@@H]1CCCO1)[C@H]1CCCC(=O)C1. The molecule has 0 aromatic rings. The van der Waals surface area contributed by atoms with E-state index in [1.54, 1.807) is 0 Å². The van der Waals surface area contributed by atoms with E-state index >= 15 is 0 Å². The summed E-state index contributed by atoms with van der Waals surface area (Å²) < 4.78 is 5.27. The van der Waals surface area contributed by atoms with Gasteiger partial charge in [0.2, 0.25) is 11.8 Å². The van der Waals surface area contributed by atoms with Gasteiger partial charge in [0, 0.05) is 19.4 Å². The van der Waals surface area contributed by atoms with Crippen molar-refractivity contribution in [2.75, 3.05) is 6.61 Å². The van der Waals surface area contributed by atoms with E-state index in [4.69, 9.17) is 10.5 Å². The third-order valence-corrected chi connectivity index (χ3v) is 3.82. The Kier molecular flexibility index (Phi) is 4.52. The fraction of sp³-hybridized carbons (Fsp3) is 0.769. The van der Waals surface area contributed by atoms with Gasteiger partial charge in [0.25, 0.3) is 0 Å². The molecule has 6 nitrogen and oxygen atoms in total. The lowest BCUT2D eigenvalue weighted by molar-refractivity contribution is -0.135. The van der Waals surface area contributed by atoms with Crippen LogP contribution in [0.5, 0.6) is 0 Å². The van der Waals surface area contributed by atoms with E-state index in [2.05, 4.69) is 5.32 Å². The number of nitrogens with one attached hydrogen (secondary N) is 1. The van der Waals surface area contributed by atoms with E-state index in [0.717, 1.165) is 19.3 Å². The van der Waals surface area contributed by atoms with Crippen LogP contribution in [-0.2, 0) is 19.1 Å². The van der Waals surface area contributed by atoms with Crippen molar-refractivity contribution in [2.24, 2.45) is 11.7 Å². The van der Waals surface area contributed by atoms with Crippen molar-refractivity contribution in [1.82, 2.24) is 5.32 Å². The summed E-state index contributed by atoms with van der Waals surface area (Å²) in [5.74, 6) is -0.914. The number of Topliss-reactive ketones (excluding diaryl/α,β-unsaturated/α-hetero) is 1. The zero-order valence-electron chi connectivity index (χ0n) is 10.9. The molecular weight excluding hydrogens is 248 g/mol. The van der Waals surface area contributed by atoms with E-state index in [0.29, 0.717) is 25.9 Å². The van der Waals surface area contributed by atoms with Crippen molar-refractivity contribution in [3.8, 4) is 0 Å². The van der Waals surface area contributed by atoms with E-state index in [1.807, 2.05) is 0 Å². The van der Waals surface area contributed by atoms with Gasteiger partial charge in [-0.2, -0.15) is 0 Å². The molecule has 19 heavy (non-hydrogen) atoms. The average molecular weight is 268 g/mol. The zero-order chi connectivity index (χ0) is 13.8. The molecule has 0 bridgehead atoms. The lowest BCUT2D eigenvalue weighted by atomic mass is 9.82. The Morgan fingerprint density at radius 1 is 1.32 bits per heavy atom. The number of hydrogen-bond acceptors (Lipinski definition) is 4. The van der Waals surface area contributed by atoms with Gasteiger partial charge in [-0.25, -0.2) is 0 Å². The van der Waals surface area contributed by atoms with Crippen LogP contribution in [0.25, 0.3) is 0 Å². The van der Waals surface area contributed by atoms with Gasteiger partial charge in [-0.15, -0.1) is 0 Å². The van der Waals surface area contributed by atoms with E-state index in [9.17, 15) is 14.4 Å². The van der Waals surface area contributed by atoms with Gasteiger partial charge in [0.1, 0.15) is 17.9 Å². The van der Waals surface area contributed by atoms with Crippen molar-refractivity contribution in [3.05, 3.63) is 0 Å². The van der Waals surface area contributed by atoms with Gasteiger partial charge >= 0.3 is 0 Å². The standard InChI is InChI=1S/C13H20N2O4/c14-12(17)11(8-3-1-4-9(16)7-8)15-13(18)10-5-2-6-19-10/h8,10-11H,1-7H2,(H2,14,17)(H,15,18)/t8-,10-,11+/m0/s1. The molecule has 3 atom stereocenters. The molecule has 1 aliphatic heterocycles. The maximum Gasteiger partial charge on any atom is 0.249 e. The number of hydrogen-bond donors (Lipinski definition) is 2. The maximum atomic E-state index is 12.0. The molecule has 1 saturated carbocycles. The molecule has 0 unspecified atom stereocenters. The molecule has 2 rings (SSSR count). The molecule has 1 heterocycles. The summed E-state index contributed by atoms with van der Waals surface area (Å²) in [6.07, 6.45) is 3.40. The van der Waals surface area contributed by atoms with Gasteiger partial charge in [-0.1, -0.05) is 0 Å². The molecule has 2 amide bonds. The number of carbonyl (C=O) groups excluding carboxylic acids is 3. The highest BCUT2D eigenvalue weighted by atomic mass is 16.5. The fourth-order valence-corrected chi connectivity index (χ4v) is 2.79. The van der Waals surface area contributed by atoms with Crippen molar-refractivity contribution >= 4 is 17.6 Å². The molecule has 2 aliphatic rings. The number of nitrogens with two attached hydrogens (primary N) is 1. The summed E-state index contributed by atoms with van der Waals surface area (Å²) in [7, 11) is 0. The Morgan fingerprint density at radius 2 is 2.11 bits per heavy atom. The van der Waals surface area contributed by atoms with Crippen LogP contribution in [0.1, 0.15) is 38.5 Å². The molecule has 0 aromatic heterocycles. The zero-order valence-corrected chi connectivity index (χ0v) is 10.9. The summed E-state index contributed by atoms with van der Waals surface area (Å²) in [6, 6.07) is -0.763. The first-order valence-electron chi connectivity index (χ1n) is 6.81. The first-order chi connectivity index (χ1) is 9.08. The number of amides is 2. The first kappa shape index (κ1) is 14.0. The Bertz CT molecular complexity index is 377. The normalized spacial score (nSPS) is 28.9. The molecule has 106 valence electrons. The van der Waals surface area contributed by atoms with Gasteiger partial charge in [-0.3, -0.25) is 14.4 Å². The predicted octanol–water partition coefficient (Wildman–Crippen LogP) is -0.105. The van der Waals surface area contributed by atoms with Crippen LogP contribution in [0.2, 0.25) is 0 Å². The minimum absolute atomic E-state index is 0.133. The first-order valence-corrected chi connectivity index (χ1v) is 6.81. The van der Waals surface area contributed by atoms with Gasteiger partial charge in [0.05, 0.1) is 0 Å². The number of ether oxygens (including phenoxy) is 1. The minimum atomic E-state index is -0.763. The van der Waals surface area contributed by atoms with Crippen molar-refractivity contribution in [3.63, 3.8) is 0 Å². The van der Waals surface area contributed by atoms with Crippen LogP contribution in [0, 0.1) is 5.92 Å². The van der Waals surface area contributed by atoms with Crippen LogP contribution in [0.4, 0.5) is 0 Å². The van der Waals surface area contributed by atoms with Gasteiger partial charge < -0.3 is 15.8 Å². The molecule has 1 saturated heterocycles. The maximum absolute atomic E-state index is 12.0. The van der Waals surface area contributed by atoms with Gasteiger partial charge in [-0.05, 0) is 31.6 Å².